The first kappa shape index (κ1) is 29.4. The topological polar surface area (TPSA) is 181 Å². The minimum atomic E-state index is -2.97. The first-order chi connectivity index (χ1) is 18.4. The lowest BCUT2D eigenvalue weighted by Crippen LogP contribution is -2.73. The Labute approximate surface area is 232 Å². The van der Waals surface area contributed by atoms with Gasteiger partial charge in [-0.2, -0.15) is 0 Å². The number of aliphatic hydroxyl groups is 1. The molecule has 11 nitrogen and oxygen atoms in total. The summed E-state index contributed by atoms with van der Waals surface area (Å²) in [6.07, 6.45) is -2.11. The Bertz CT molecular complexity index is 1360. The van der Waals surface area contributed by atoms with Crippen molar-refractivity contribution in [1.82, 2.24) is 0 Å². The molecule has 3 aliphatic rings. The number of rotatable bonds is 4. The molecular weight excluding hydrogens is 520 g/mol. The third kappa shape index (κ3) is 3.96. The number of fused-ring (bicyclic) bond motifs is 3. The highest BCUT2D eigenvalue weighted by Crippen LogP contribution is 2.57. The van der Waals surface area contributed by atoms with Gasteiger partial charge in [0.15, 0.2) is 34.7 Å². The minimum absolute atomic E-state index is 0.0869. The molecular formula is C29H36N2O9. The number of amides is 1. The smallest absolute Gasteiger partial charge is 0.305 e. The van der Waals surface area contributed by atoms with Gasteiger partial charge in [-0.1, -0.05) is 34.6 Å². The second kappa shape index (κ2) is 9.50. The van der Waals surface area contributed by atoms with Gasteiger partial charge in [0.2, 0.25) is 5.91 Å². The van der Waals surface area contributed by atoms with Crippen molar-refractivity contribution < 1.29 is 43.7 Å². The van der Waals surface area contributed by atoms with Gasteiger partial charge in [-0.25, -0.2) is 0 Å². The molecule has 0 aliphatic heterocycles. The van der Waals surface area contributed by atoms with Crippen LogP contribution < -0.4 is 10.6 Å². The number of carbonyl (C=O) groups excluding carboxylic acids is 6. The number of phenols is 1. The fraction of sp³-hybridized carbons (Fsp3) is 0.586. The average Bonchev–Trinajstić information content (AvgIpc) is 2.84. The van der Waals surface area contributed by atoms with E-state index in [4.69, 9.17) is 10.5 Å². The number of phenolic OH excluding ortho intramolecular Hbond substituents is 1. The van der Waals surface area contributed by atoms with E-state index in [2.05, 4.69) is 0 Å². The van der Waals surface area contributed by atoms with Gasteiger partial charge in [-0.3, -0.25) is 28.8 Å². The number of nitrogens with zero attached hydrogens (tertiary/aromatic N) is 1. The lowest BCUT2D eigenvalue weighted by molar-refractivity contribution is -0.198. The highest BCUT2D eigenvalue weighted by molar-refractivity contribution is 6.31. The maximum absolute atomic E-state index is 14.3. The molecule has 0 bridgehead atoms. The number of ketones is 4. The zero-order valence-electron chi connectivity index (χ0n) is 23.7. The summed E-state index contributed by atoms with van der Waals surface area (Å²) in [7, 11) is 3.54. The van der Waals surface area contributed by atoms with E-state index in [0.717, 1.165) is 0 Å². The molecule has 4 N–H and O–H groups in total. The van der Waals surface area contributed by atoms with E-state index in [0.29, 0.717) is 16.8 Å². The number of ether oxygens (including phenoxy) is 1. The standard InChI is InChI=1S/C29H36N2O9/c1-8-16(33)40-24-13-10-15(32)19(27(30)38)25(36)29(13,39)26(37)21-18(24)11(2)17-14(31(6)7)9-12(28(3,4)5)22(34)20(17)23(21)35/h9,11,13,18-19,21,24,34,39H,8,10H2,1-7H3,(H2,30,38)/t11-,13+,18+,19?,21?,24+,29+/m0/s1. The fourth-order valence-electron chi connectivity index (χ4n) is 6.78. The molecule has 1 aromatic rings. The molecule has 1 aromatic carbocycles. The first-order valence-corrected chi connectivity index (χ1v) is 13.3. The summed E-state index contributed by atoms with van der Waals surface area (Å²) in [6, 6.07) is 1.78. The first-order valence-electron chi connectivity index (χ1n) is 13.3. The SMILES string of the molecule is CCC(=O)O[C@H]1[C@H]2C(C(=O)c3c(O)c(C(C)(C)C)cc(N(C)C)c3[C@@H]2C)C(=O)[C@]2(O)C(=O)C(C(N)=O)C(=O)C[C@H]12. The van der Waals surface area contributed by atoms with E-state index < -0.39 is 88.1 Å². The predicted molar refractivity (Wildman–Crippen MR) is 142 cm³/mol. The number of Topliss-reactive ketones (excluding diaryl/α,β-unsaturated/α-hetero) is 4. The third-order valence-electron chi connectivity index (χ3n) is 8.75. The van der Waals surface area contributed by atoms with E-state index in [1.807, 2.05) is 20.8 Å². The van der Waals surface area contributed by atoms with Gasteiger partial charge in [0.25, 0.3) is 0 Å². The molecule has 0 spiro atoms. The molecule has 11 heteroatoms. The largest absolute Gasteiger partial charge is 0.507 e. The van der Waals surface area contributed by atoms with Crippen molar-refractivity contribution in [3.05, 3.63) is 22.8 Å². The molecule has 0 saturated heterocycles. The van der Waals surface area contributed by atoms with Gasteiger partial charge in [-0.15, -0.1) is 0 Å². The molecule has 2 fully saturated rings. The number of benzene rings is 1. The highest BCUT2D eigenvalue weighted by Gasteiger charge is 2.71. The Morgan fingerprint density at radius 2 is 1.75 bits per heavy atom. The van der Waals surface area contributed by atoms with Crippen LogP contribution in [-0.4, -0.2) is 71.0 Å². The zero-order chi connectivity index (χ0) is 30.2. The zero-order valence-corrected chi connectivity index (χ0v) is 23.7. The van der Waals surface area contributed by atoms with E-state index in [1.54, 1.807) is 32.0 Å². The maximum atomic E-state index is 14.3. The molecule has 40 heavy (non-hydrogen) atoms. The summed E-state index contributed by atoms with van der Waals surface area (Å²) in [5, 5.41) is 23.2. The number of nitrogens with two attached hydrogens (primary N) is 1. The number of aromatic hydroxyl groups is 1. The van der Waals surface area contributed by atoms with Crippen molar-refractivity contribution in [2.75, 3.05) is 19.0 Å². The second-order valence-corrected chi connectivity index (χ2v) is 12.3. The van der Waals surface area contributed by atoms with E-state index in [9.17, 15) is 39.0 Å². The van der Waals surface area contributed by atoms with E-state index in [-0.39, 0.29) is 17.7 Å². The van der Waals surface area contributed by atoms with Crippen LogP contribution >= 0.6 is 0 Å². The van der Waals surface area contributed by atoms with Crippen LogP contribution in [0.15, 0.2) is 6.07 Å². The number of hydrogen-bond donors (Lipinski definition) is 3. The van der Waals surface area contributed by atoms with Gasteiger partial charge in [-0.05, 0) is 23.0 Å². The van der Waals surface area contributed by atoms with Crippen LogP contribution in [0.5, 0.6) is 5.75 Å². The van der Waals surface area contributed by atoms with Crippen molar-refractivity contribution in [3.63, 3.8) is 0 Å². The molecule has 216 valence electrons. The summed E-state index contributed by atoms with van der Waals surface area (Å²) in [4.78, 5) is 81.1. The third-order valence-corrected chi connectivity index (χ3v) is 8.75. The number of primary amides is 1. The van der Waals surface area contributed by atoms with Gasteiger partial charge in [0.05, 0.1) is 11.5 Å². The van der Waals surface area contributed by atoms with Gasteiger partial charge >= 0.3 is 5.97 Å². The Hall–Kier alpha value is -3.60. The van der Waals surface area contributed by atoms with Crippen molar-refractivity contribution in [2.24, 2.45) is 29.4 Å². The second-order valence-electron chi connectivity index (χ2n) is 12.3. The molecule has 4 rings (SSSR count). The van der Waals surface area contributed by atoms with Crippen molar-refractivity contribution in [1.29, 1.82) is 0 Å². The lowest BCUT2D eigenvalue weighted by Gasteiger charge is -2.54. The van der Waals surface area contributed by atoms with Gasteiger partial charge in [0.1, 0.15) is 11.9 Å². The Morgan fingerprint density at radius 3 is 2.25 bits per heavy atom. The van der Waals surface area contributed by atoms with Crippen molar-refractivity contribution in [2.45, 2.75) is 70.5 Å². The van der Waals surface area contributed by atoms with Gasteiger partial charge < -0.3 is 25.6 Å². The van der Waals surface area contributed by atoms with Crippen molar-refractivity contribution >= 4 is 40.7 Å². The summed E-state index contributed by atoms with van der Waals surface area (Å²) < 4.78 is 5.73. The Balaban J connectivity index is 2.04. The molecule has 7 atom stereocenters. The normalized spacial score (nSPS) is 31.7. The number of hydrogen-bond acceptors (Lipinski definition) is 10. The van der Waals surface area contributed by atoms with Gasteiger partial charge in [0, 0.05) is 50.0 Å². The quantitative estimate of drug-likeness (QED) is 0.360. The number of anilines is 1. The number of carbonyl (C=O) groups is 6. The van der Waals surface area contributed by atoms with Crippen LogP contribution in [0.4, 0.5) is 5.69 Å². The maximum Gasteiger partial charge on any atom is 0.305 e. The van der Waals surface area contributed by atoms with Crippen LogP contribution in [-0.2, 0) is 34.1 Å². The Kier molecular flexibility index (Phi) is 6.98. The molecule has 0 radical (unpaired) electrons. The summed E-state index contributed by atoms with van der Waals surface area (Å²) in [5.74, 6) is -13.7. The molecule has 0 aromatic heterocycles. The van der Waals surface area contributed by atoms with E-state index >= 15 is 0 Å². The lowest BCUT2D eigenvalue weighted by atomic mass is 9.50. The summed E-state index contributed by atoms with van der Waals surface area (Å²) >= 11 is 0. The summed E-state index contributed by atoms with van der Waals surface area (Å²) in [6.45, 7) is 8.81. The molecule has 2 saturated carbocycles. The fourth-order valence-corrected chi connectivity index (χ4v) is 6.78. The van der Waals surface area contributed by atoms with Crippen LogP contribution in [0.25, 0.3) is 0 Å². The van der Waals surface area contributed by atoms with Crippen LogP contribution in [0.2, 0.25) is 0 Å². The number of esters is 1. The van der Waals surface area contributed by atoms with Crippen LogP contribution in [0, 0.1) is 23.7 Å². The molecule has 0 heterocycles. The van der Waals surface area contributed by atoms with Crippen LogP contribution in [0.1, 0.15) is 74.9 Å². The van der Waals surface area contributed by atoms with Crippen LogP contribution in [0.3, 0.4) is 0 Å². The van der Waals surface area contributed by atoms with Crippen molar-refractivity contribution in [3.8, 4) is 5.75 Å². The molecule has 3 aliphatic carbocycles. The minimum Gasteiger partial charge on any atom is -0.507 e. The predicted octanol–water partition coefficient (Wildman–Crippen LogP) is 1.18. The summed E-state index contributed by atoms with van der Waals surface area (Å²) in [5.41, 5.74) is 3.10. The van der Waals surface area contributed by atoms with E-state index in [1.165, 1.54) is 6.92 Å². The Morgan fingerprint density at radius 1 is 1.15 bits per heavy atom. The molecule has 2 unspecified atom stereocenters. The highest BCUT2D eigenvalue weighted by atomic mass is 16.5. The average molecular weight is 557 g/mol. The monoisotopic (exact) mass is 556 g/mol. The molecule has 1 amide bonds.